The molecule has 0 bridgehead atoms. The lowest BCUT2D eigenvalue weighted by Crippen LogP contribution is -2.51. The average molecular weight is 592 g/mol. The summed E-state index contributed by atoms with van der Waals surface area (Å²) < 4.78 is 6.64. The topological polar surface area (TPSA) is 58.6 Å². The van der Waals surface area contributed by atoms with Crippen molar-refractivity contribution >= 4 is 50.9 Å². The molecule has 1 N–H and O–H groups in total. The fourth-order valence-corrected chi connectivity index (χ4v) is 4.62. The molecule has 190 valence electrons. The molecule has 1 atom stereocenters. The zero-order chi connectivity index (χ0) is 25.9. The Balaban J connectivity index is 1.89. The number of halogens is 3. The molecule has 36 heavy (non-hydrogen) atoms. The van der Waals surface area contributed by atoms with E-state index in [1.807, 2.05) is 54.6 Å². The summed E-state index contributed by atoms with van der Waals surface area (Å²) in [5, 5.41) is 3.79. The number of nitrogens with one attached hydrogen (secondary N) is 1. The van der Waals surface area contributed by atoms with Gasteiger partial charge in [0.1, 0.15) is 11.8 Å². The molecule has 0 aliphatic rings. The van der Waals surface area contributed by atoms with Gasteiger partial charge >= 0.3 is 0 Å². The molecule has 0 fully saturated rings. The Hall–Kier alpha value is -2.54. The monoisotopic (exact) mass is 590 g/mol. The number of hydrogen-bond donors (Lipinski definition) is 1. The van der Waals surface area contributed by atoms with Crippen LogP contribution in [0, 0.1) is 0 Å². The van der Waals surface area contributed by atoms with Crippen LogP contribution in [0.5, 0.6) is 5.75 Å². The van der Waals surface area contributed by atoms with Gasteiger partial charge < -0.3 is 15.0 Å². The predicted molar refractivity (Wildman–Crippen MR) is 149 cm³/mol. The van der Waals surface area contributed by atoms with Gasteiger partial charge in [0.2, 0.25) is 5.91 Å². The molecule has 2 amide bonds. The minimum atomic E-state index is -0.722. The van der Waals surface area contributed by atoms with Gasteiger partial charge in [-0.3, -0.25) is 9.59 Å². The van der Waals surface area contributed by atoms with E-state index in [9.17, 15) is 9.59 Å². The number of carbonyl (C=O) groups excluding carboxylic acids is 2. The maximum absolute atomic E-state index is 13.6. The van der Waals surface area contributed by atoms with Crippen molar-refractivity contribution in [2.45, 2.75) is 38.8 Å². The maximum Gasteiger partial charge on any atom is 0.261 e. The van der Waals surface area contributed by atoms with Gasteiger partial charge in [-0.2, -0.15) is 0 Å². The van der Waals surface area contributed by atoms with Crippen molar-refractivity contribution < 1.29 is 14.3 Å². The van der Waals surface area contributed by atoms with Crippen molar-refractivity contribution in [1.82, 2.24) is 10.2 Å². The standard InChI is InChI=1S/C28H29BrCl2N2O3/c1-2-3-14-32-28(35)25(16-20-8-5-4-6-9-20)33(18-21-10-7-11-22(29)15-21)27(34)19-36-26-13-12-23(30)17-24(26)31/h4-13,15,17,25H,2-3,14,16,18-19H2,1H3,(H,32,35)/t25-/m0/s1. The lowest BCUT2D eigenvalue weighted by Gasteiger charge is -2.31. The molecule has 8 heteroatoms. The molecule has 0 aliphatic carbocycles. The first-order valence-corrected chi connectivity index (χ1v) is 13.4. The highest BCUT2D eigenvalue weighted by molar-refractivity contribution is 9.10. The molecule has 0 saturated carbocycles. The second-order valence-corrected chi connectivity index (χ2v) is 10.1. The minimum absolute atomic E-state index is 0.194. The first kappa shape index (κ1) is 28.0. The van der Waals surface area contributed by atoms with Crippen LogP contribution in [-0.4, -0.2) is 35.9 Å². The number of unbranched alkanes of at least 4 members (excludes halogenated alkanes) is 1. The molecule has 3 aromatic carbocycles. The van der Waals surface area contributed by atoms with Gasteiger partial charge in [-0.1, -0.05) is 94.9 Å². The van der Waals surface area contributed by atoms with E-state index < -0.39 is 6.04 Å². The number of hydrogen-bond acceptors (Lipinski definition) is 3. The third kappa shape index (κ3) is 8.54. The van der Waals surface area contributed by atoms with E-state index in [1.54, 1.807) is 23.1 Å². The van der Waals surface area contributed by atoms with Crippen molar-refractivity contribution in [3.63, 3.8) is 0 Å². The fourth-order valence-electron chi connectivity index (χ4n) is 3.71. The summed E-state index contributed by atoms with van der Waals surface area (Å²) >= 11 is 15.7. The van der Waals surface area contributed by atoms with Crippen molar-refractivity contribution in [3.8, 4) is 5.75 Å². The molecular weight excluding hydrogens is 563 g/mol. The SMILES string of the molecule is CCCCNC(=O)[C@H](Cc1ccccc1)N(Cc1cccc(Br)c1)C(=O)COc1ccc(Cl)cc1Cl. The molecule has 0 radical (unpaired) electrons. The lowest BCUT2D eigenvalue weighted by atomic mass is 10.0. The number of rotatable bonds is 12. The van der Waals surface area contributed by atoms with Crippen LogP contribution in [0.15, 0.2) is 77.3 Å². The maximum atomic E-state index is 13.6. The highest BCUT2D eigenvalue weighted by atomic mass is 79.9. The molecule has 0 spiro atoms. The highest BCUT2D eigenvalue weighted by Gasteiger charge is 2.30. The quantitative estimate of drug-likeness (QED) is 0.239. The predicted octanol–water partition coefficient (Wildman–Crippen LogP) is 6.69. The third-order valence-corrected chi connectivity index (χ3v) is 6.61. The van der Waals surface area contributed by atoms with Crippen molar-refractivity contribution in [3.05, 3.63) is 98.4 Å². The molecule has 0 heterocycles. The Bertz CT molecular complexity index is 1160. The van der Waals surface area contributed by atoms with E-state index in [1.165, 1.54) is 0 Å². The molecule has 0 aliphatic heterocycles. The summed E-state index contributed by atoms with van der Waals surface area (Å²) in [5.41, 5.74) is 1.85. The first-order valence-electron chi connectivity index (χ1n) is 11.8. The number of carbonyl (C=O) groups is 2. The van der Waals surface area contributed by atoms with Crippen molar-refractivity contribution in [2.75, 3.05) is 13.2 Å². The normalized spacial score (nSPS) is 11.6. The smallest absolute Gasteiger partial charge is 0.261 e. The highest BCUT2D eigenvalue weighted by Crippen LogP contribution is 2.27. The average Bonchev–Trinajstić information content (AvgIpc) is 2.86. The Labute approximate surface area is 230 Å². The summed E-state index contributed by atoms with van der Waals surface area (Å²) in [6.07, 6.45) is 2.20. The lowest BCUT2D eigenvalue weighted by molar-refractivity contribution is -0.142. The summed E-state index contributed by atoms with van der Waals surface area (Å²) in [6.45, 7) is 2.59. The number of nitrogens with zero attached hydrogens (tertiary/aromatic N) is 1. The summed E-state index contributed by atoms with van der Waals surface area (Å²) in [7, 11) is 0. The molecule has 3 aromatic rings. The van der Waals surface area contributed by atoms with E-state index in [0.29, 0.717) is 28.8 Å². The van der Waals surface area contributed by atoms with Gasteiger partial charge in [0, 0.05) is 29.0 Å². The zero-order valence-corrected chi connectivity index (χ0v) is 23.2. The minimum Gasteiger partial charge on any atom is -0.482 e. The number of amides is 2. The molecule has 0 saturated heterocycles. The number of ether oxygens (including phenoxy) is 1. The number of benzene rings is 3. The Morgan fingerprint density at radius 1 is 1.00 bits per heavy atom. The summed E-state index contributed by atoms with van der Waals surface area (Å²) in [5.74, 6) is -0.170. The van der Waals surface area contributed by atoms with Crippen LogP contribution < -0.4 is 10.1 Å². The fraction of sp³-hybridized carbons (Fsp3) is 0.286. The van der Waals surface area contributed by atoms with Gasteiger partial charge in [-0.05, 0) is 47.9 Å². The first-order chi connectivity index (χ1) is 17.4. The van der Waals surface area contributed by atoms with Crippen LogP contribution in [0.4, 0.5) is 0 Å². The van der Waals surface area contributed by atoms with Crippen LogP contribution in [-0.2, 0) is 22.6 Å². The molecule has 0 unspecified atom stereocenters. The largest absolute Gasteiger partial charge is 0.482 e. The Morgan fingerprint density at radius 2 is 1.75 bits per heavy atom. The zero-order valence-electron chi connectivity index (χ0n) is 20.1. The van der Waals surface area contributed by atoms with Crippen molar-refractivity contribution in [2.24, 2.45) is 0 Å². The second kappa shape index (κ2) is 14.3. The van der Waals surface area contributed by atoms with Gasteiger partial charge in [-0.15, -0.1) is 0 Å². The molecule has 3 rings (SSSR count). The van der Waals surface area contributed by atoms with Gasteiger partial charge in [-0.25, -0.2) is 0 Å². The molecular formula is C28H29BrCl2N2O3. The van der Waals surface area contributed by atoms with E-state index in [2.05, 4.69) is 28.2 Å². The van der Waals surface area contributed by atoms with Gasteiger partial charge in [0.25, 0.3) is 5.91 Å². The van der Waals surface area contributed by atoms with Crippen LogP contribution in [0.25, 0.3) is 0 Å². The van der Waals surface area contributed by atoms with Crippen LogP contribution in [0.1, 0.15) is 30.9 Å². The third-order valence-electron chi connectivity index (χ3n) is 5.59. The second-order valence-electron chi connectivity index (χ2n) is 8.37. The molecule has 0 aromatic heterocycles. The van der Waals surface area contributed by atoms with Crippen LogP contribution in [0.3, 0.4) is 0 Å². The Morgan fingerprint density at radius 3 is 2.44 bits per heavy atom. The van der Waals surface area contributed by atoms with E-state index in [4.69, 9.17) is 27.9 Å². The van der Waals surface area contributed by atoms with Gasteiger partial charge in [0.05, 0.1) is 5.02 Å². The summed E-state index contributed by atoms with van der Waals surface area (Å²) in [4.78, 5) is 28.6. The van der Waals surface area contributed by atoms with Crippen LogP contribution >= 0.6 is 39.1 Å². The van der Waals surface area contributed by atoms with E-state index >= 15 is 0 Å². The summed E-state index contributed by atoms with van der Waals surface area (Å²) in [6, 6.07) is 21.5. The van der Waals surface area contributed by atoms with Crippen LogP contribution in [0.2, 0.25) is 10.0 Å². The van der Waals surface area contributed by atoms with Crippen molar-refractivity contribution in [1.29, 1.82) is 0 Å². The van der Waals surface area contributed by atoms with Gasteiger partial charge in [0.15, 0.2) is 6.61 Å². The van der Waals surface area contributed by atoms with E-state index in [-0.39, 0.29) is 25.0 Å². The van der Waals surface area contributed by atoms with E-state index in [0.717, 1.165) is 28.4 Å². The Kier molecular flexibility index (Phi) is 11.1. The molecule has 5 nitrogen and oxygen atoms in total.